The van der Waals surface area contributed by atoms with Gasteiger partial charge in [-0.3, -0.25) is 9.79 Å². The largest absolute Gasteiger partial charge is 0.369 e. The van der Waals surface area contributed by atoms with Gasteiger partial charge in [-0.1, -0.05) is 25.1 Å². The molecule has 0 radical (unpaired) electrons. The van der Waals surface area contributed by atoms with Crippen LogP contribution >= 0.6 is 35.7 Å². The van der Waals surface area contributed by atoms with Crippen LogP contribution in [0.25, 0.3) is 0 Å². The number of primary amides is 1. The van der Waals surface area contributed by atoms with Crippen LogP contribution < -0.4 is 16.4 Å². The van der Waals surface area contributed by atoms with Crippen molar-refractivity contribution in [1.82, 2.24) is 15.5 Å². The van der Waals surface area contributed by atoms with E-state index in [0.717, 1.165) is 64.4 Å². The van der Waals surface area contributed by atoms with Crippen molar-refractivity contribution < 1.29 is 4.79 Å². The lowest BCUT2D eigenvalue weighted by Gasteiger charge is -2.30. The highest BCUT2D eigenvalue weighted by molar-refractivity contribution is 14.0. The number of rotatable bonds is 10. The lowest BCUT2D eigenvalue weighted by Crippen LogP contribution is -2.41. The van der Waals surface area contributed by atoms with Crippen LogP contribution in [0, 0.1) is 5.92 Å². The van der Waals surface area contributed by atoms with Gasteiger partial charge in [-0.15, -0.1) is 35.7 Å². The van der Waals surface area contributed by atoms with Crippen molar-refractivity contribution in [1.29, 1.82) is 0 Å². The lowest BCUT2D eigenvalue weighted by atomic mass is 9.96. The highest BCUT2D eigenvalue weighted by Gasteiger charge is 2.22. The Morgan fingerprint density at radius 1 is 1.24 bits per heavy atom. The predicted molar refractivity (Wildman–Crippen MR) is 134 cm³/mol. The molecule has 0 aliphatic carbocycles. The molecule has 6 nitrogen and oxygen atoms in total. The van der Waals surface area contributed by atoms with Gasteiger partial charge in [0.05, 0.1) is 0 Å². The summed E-state index contributed by atoms with van der Waals surface area (Å²) in [5.74, 6) is 0.803. The van der Waals surface area contributed by atoms with Gasteiger partial charge in [0.2, 0.25) is 5.91 Å². The molecule has 2 rings (SSSR count). The second-order valence-corrected chi connectivity index (χ2v) is 8.86. The van der Waals surface area contributed by atoms with Gasteiger partial charge >= 0.3 is 0 Å². The Bertz CT molecular complexity index is 608. The number of carbonyl (C=O) groups is 1. The van der Waals surface area contributed by atoms with Crippen molar-refractivity contribution in [3.05, 3.63) is 30.3 Å². The minimum Gasteiger partial charge on any atom is -0.369 e. The maximum absolute atomic E-state index is 11.2. The molecule has 8 heteroatoms. The maximum atomic E-state index is 11.2. The second-order valence-electron chi connectivity index (χ2n) is 7.35. The topological polar surface area (TPSA) is 82.8 Å². The Morgan fingerprint density at radius 3 is 2.55 bits per heavy atom. The fourth-order valence-corrected chi connectivity index (χ4v) is 4.29. The van der Waals surface area contributed by atoms with Gasteiger partial charge in [-0.05, 0) is 57.5 Å². The van der Waals surface area contributed by atoms with Crippen molar-refractivity contribution >= 4 is 47.6 Å². The molecule has 1 amide bonds. The fourth-order valence-electron chi connectivity index (χ4n) is 3.34. The number of amides is 1. The van der Waals surface area contributed by atoms with E-state index in [2.05, 4.69) is 51.7 Å². The summed E-state index contributed by atoms with van der Waals surface area (Å²) in [6.45, 7) is 7.07. The number of unbranched alkanes of at least 4 members (excludes halogenated alkanes) is 1. The molecule has 1 atom stereocenters. The molecule has 1 aliphatic rings. The van der Waals surface area contributed by atoms with Gasteiger partial charge in [-0.25, -0.2) is 0 Å². The van der Waals surface area contributed by atoms with Crippen LogP contribution in [0.3, 0.4) is 0 Å². The van der Waals surface area contributed by atoms with E-state index in [1.165, 1.54) is 4.90 Å². The number of nitrogens with two attached hydrogens (primary N) is 1. The first-order valence-corrected chi connectivity index (χ1v) is 11.1. The highest BCUT2D eigenvalue weighted by Crippen LogP contribution is 2.21. The number of halogens is 1. The third-order valence-electron chi connectivity index (χ3n) is 5.04. The molecule has 164 valence electrons. The number of carbonyl (C=O) groups excluding carboxylic acids is 1. The molecule has 29 heavy (non-hydrogen) atoms. The van der Waals surface area contributed by atoms with Crippen LogP contribution in [0.1, 0.15) is 32.6 Å². The third kappa shape index (κ3) is 10.5. The summed E-state index contributed by atoms with van der Waals surface area (Å²) in [5.41, 5.74) is 5.39. The number of hydrogen-bond acceptors (Lipinski definition) is 4. The summed E-state index contributed by atoms with van der Waals surface area (Å²) >= 11 is 1.87. The Balaban J connectivity index is 0.00000420. The van der Waals surface area contributed by atoms with Crippen LogP contribution in [-0.2, 0) is 4.79 Å². The molecule has 1 aromatic rings. The van der Waals surface area contributed by atoms with Gasteiger partial charge in [0.1, 0.15) is 0 Å². The molecule has 1 saturated heterocycles. The molecule has 0 bridgehead atoms. The molecule has 4 N–H and O–H groups in total. The van der Waals surface area contributed by atoms with E-state index in [0.29, 0.717) is 5.25 Å². The number of hydrogen-bond donors (Lipinski definition) is 3. The molecule has 0 spiro atoms. The number of guanidine groups is 1. The number of piperidine rings is 1. The summed E-state index contributed by atoms with van der Waals surface area (Å²) < 4.78 is 0. The van der Waals surface area contributed by atoms with Gasteiger partial charge in [0, 0.05) is 36.2 Å². The predicted octanol–water partition coefficient (Wildman–Crippen LogP) is 2.93. The van der Waals surface area contributed by atoms with E-state index >= 15 is 0 Å². The Kier molecular flexibility index (Phi) is 13.4. The van der Waals surface area contributed by atoms with E-state index in [9.17, 15) is 4.79 Å². The Labute approximate surface area is 196 Å². The SMILES string of the molecule is CN=C(NCCCCN1CCC(C(N)=O)CC1)NCC(C)Sc1ccccc1.I. The number of nitrogens with one attached hydrogen (secondary N) is 2. The minimum atomic E-state index is -0.140. The number of benzene rings is 1. The number of nitrogens with zero attached hydrogens (tertiary/aromatic N) is 2. The van der Waals surface area contributed by atoms with E-state index in [-0.39, 0.29) is 35.8 Å². The molecule has 1 heterocycles. The monoisotopic (exact) mass is 533 g/mol. The maximum Gasteiger partial charge on any atom is 0.220 e. The number of thioether (sulfide) groups is 1. The van der Waals surface area contributed by atoms with E-state index in [1.54, 1.807) is 0 Å². The van der Waals surface area contributed by atoms with E-state index in [1.807, 2.05) is 24.9 Å². The van der Waals surface area contributed by atoms with Gasteiger partial charge in [0.15, 0.2) is 5.96 Å². The average molecular weight is 534 g/mol. The third-order valence-corrected chi connectivity index (χ3v) is 6.16. The van der Waals surface area contributed by atoms with Gasteiger partial charge < -0.3 is 21.3 Å². The van der Waals surface area contributed by atoms with Crippen LogP contribution in [0.5, 0.6) is 0 Å². The molecular formula is C21H36IN5OS. The highest BCUT2D eigenvalue weighted by atomic mass is 127. The molecule has 0 saturated carbocycles. The fraction of sp³-hybridized carbons (Fsp3) is 0.619. The summed E-state index contributed by atoms with van der Waals surface area (Å²) in [6.07, 6.45) is 4.06. The van der Waals surface area contributed by atoms with Crippen LogP contribution in [0.4, 0.5) is 0 Å². The standard InChI is InChI=1S/C21H35N5OS.HI/c1-17(28-19-8-4-3-5-9-19)16-25-21(23-2)24-12-6-7-13-26-14-10-18(11-15-26)20(22)27;/h3-5,8-9,17-18H,6-7,10-16H2,1-2H3,(H2,22,27)(H2,23,24,25);1H. The second kappa shape index (κ2) is 14.9. The van der Waals surface area contributed by atoms with Crippen molar-refractivity contribution in [2.45, 2.75) is 42.8 Å². The van der Waals surface area contributed by atoms with Crippen molar-refractivity contribution in [2.24, 2.45) is 16.6 Å². The summed E-state index contributed by atoms with van der Waals surface area (Å²) in [4.78, 5) is 19.3. The van der Waals surface area contributed by atoms with Crippen LogP contribution in [0.15, 0.2) is 40.2 Å². The molecule has 1 unspecified atom stereocenters. The van der Waals surface area contributed by atoms with Crippen molar-refractivity contribution in [2.75, 3.05) is 39.8 Å². The van der Waals surface area contributed by atoms with E-state index in [4.69, 9.17) is 5.73 Å². The summed E-state index contributed by atoms with van der Waals surface area (Å²) in [5, 5.41) is 7.27. The van der Waals surface area contributed by atoms with Crippen LogP contribution in [-0.4, -0.2) is 61.8 Å². The number of likely N-dealkylation sites (tertiary alicyclic amines) is 1. The van der Waals surface area contributed by atoms with Crippen molar-refractivity contribution in [3.8, 4) is 0 Å². The normalized spacial score (nSPS) is 16.7. The van der Waals surface area contributed by atoms with E-state index < -0.39 is 0 Å². The molecule has 0 aromatic heterocycles. The van der Waals surface area contributed by atoms with Gasteiger partial charge in [0.25, 0.3) is 0 Å². The molecular weight excluding hydrogens is 497 g/mol. The first kappa shape index (κ1) is 26.0. The Hall–Kier alpha value is -1.000. The molecule has 1 fully saturated rings. The minimum absolute atomic E-state index is 0. The zero-order chi connectivity index (χ0) is 20.2. The first-order chi connectivity index (χ1) is 13.6. The van der Waals surface area contributed by atoms with Crippen molar-refractivity contribution in [3.63, 3.8) is 0 Å². The smallest absolute Gasteiger partial charge is 0.220 e. The first-order valence-electron chi connectivity index (χ1n) is 10.3. The molecule has 1 aliphatic heterocycles. The zero-order valence-corrected chi connectivity index (χ0v) is 20.7. The van der Waals surface area contributed by atoms with Gasteiger partial charge in [-0.2, -0.15) is 0 Å². The summed E-state index contributed by atoms with van der Waals surface area (Å²) in [7, 11) is 1.81. The Morgan fingerprint density at radius 2 is 1.93 bits per heavy atom. The number of aliphatic imine (C=N–C) groups is 1. The lowest BCUT2D eigenvalue weighted by molar-refractivity contribution is -0.123. The average Bonchev–Trinajstić information content (AvgIpc) is 2.71. The van der Waals surface area contributed by atoms with Crippen LogP contribution in [0.2, 0.25) is 0 Å². The quantitative estimate of drug-likeness (QED) is 0.142. The summed E-state index contributed by atoms with van der Waals surface area (Å²) in [6, 6.07) is 10.5. The zero-order valence-electron chi connectivity index (χ0n) is 17.6. The molecule has 1 aromatic carbocycles.